The van der Waals surface area contributed by atoms with E-state index in [1.165, 1.54) is 6.26 Å². The number of aliphatic hydroxyl groups is 1. The molecule has 0 heterocycles. The van der Waals surface area contributed by atoms with Crippen LogP contribution in [0.5, 0.6) is 0 Å². The third-order valence-corrected chi connectivity index (χ3v) is 5.22. The Morgan fingerprint density at radius 2 is 1.90 bits per heavy atom. The summed E-state index contributed by atoms with van der Waals surface area (Å²) in [5.74, 6) is 0.212. The number of para-hydroxylation sites is 1. The molecule has 1 aliphatic carbocycles. The summed E-state index contributed by atoms with van der Waals surface area (Å²) in [5, 5.41) is 13.5. The van der Waals surface area contributed by atoms with Gasteiger partial charge in [-0.3, -0.25) is 0 Å². The van der Waals surface area contributed by atoms with Gasteiger partial charge in [-0.15, -0.1) is 0 Å². The molecule has 2 rings (SSSR count). The van der Waals surface area contributed by atoms with E-state index in [9.17, 15) is 13.5 Å². The van der Waals surface area contributed by atoms with Crippen molar-refractivity contribution in [2.24, 2.45) is 11.3 Å². The van der Waals surface area contributed by atoms with E-state index in [4.69, 9.17) is 0 Å². The molecule has 0 radical (unpaired) electrons. The Kier molecular flexibility index (Phi) is 4.12. The molecule has 1 saturated carbocycles. The number of anilines is 1. The summed E-state index contributed by atoms with van der Waals surface area (Å²) in [4.78, 5) is 0.315. The predicted octanol–water partition coefficient (Wildman–Crippen LogP) is 2.30. The molecule has 1 fully saturated rings. The molecule has 2 N–H and O–H groups in total. The lowest BCUT2D eigenvalue weighted by Gasteiger charge is -2.26. The zero-order chi connectivity index (χ0) is 15.0. The first-order valence-electron chi connectivity index (χ1n) is 6.97. The van der Waals surface area contributed by atoms with Crippen LogP contribution in [0.25, 0.3) is 0 Å². The van der Waals surface area contributed by atoms with Gasteiger partial charge in [-0.2, -0.15) is 0 Å². The average Bonchev–Trinajstić information content (AvgIpc) is 3.16. The van der Waals surface area contributed by atoms with E-state index >= 15 is 0 Å². The lowest BCUT2D eigenvalue weighted by molar-refractivity contribution is 0.0567. The van der Waals surface area contributed by atoms with E-state index in [0.29, 0.717) is 17.1 Å². The van der Waals surface area contributed by atoms with Gasteiger partial charge in [-0.25, -0.2) is 8.42 Å². The number of aliphatic hydroxyl groups excluding tert-OH is 1. The van der Waals surface area contributed by atoms with Gasteiger partial charge in [0.15, 0.2) is 9.84 Å². The van der Waals surface area contributed by atoms with Crippen molar-refractivity contribution in [1.29, 1.82) is 0 Å². The fraction of sp³-hybridized carbons (Fsp3) is 0.600. The number of rotatable bonds is 6. The molecule has 0 amide bonds. The maximum Gasteiger partial charge on any atom is 0.177 e. The standard InChI is InChI=1S/C15H23NO3S/c1-11(2)14(17)15(8-9-15)10-16-12-6-4-5-7-13(12)20(3,18)19/h4-7,11,14,16-17H,8-10H2,1-3H3/t14-/m0/s1. The number of hydrogen-bond donors (Lipinski definition) is 2. The van der Waals surface area contributed by atoms with Crippen LogP contribution < -0.4 is 5.32 Å². The Balaban J connectivity index is 2.13. The Morgan fingerprint density at radius 3 is 2.40 bits per heavy atom. The molecule has 0 saturated heterocycles. The van der Waals surface area contributed by atoms with E-state index in [1.807, 2.05) is 19.9 Å². The fourth-order valence-corrected chi connectivity index (χ4v) is 3.52. The van der Waals surface area contributed by atoms with Crippen LogP contribution in [0.3, 0.4) is 0 Å². The zero-order valence-electron chi connectivity index (χ0n) is 12.3. The zero-order valence-corrected chi connectivity index (χ0v) is 13.1. The van der Waals surface area contributed by atoms with E-state index in [0.717, 1.165) is 12.8 Å². The molecule has 0 aromatic heterocycles. The van der Waals surface area contributed by atoms with Gasteiger partial charge < -0.3 is 10.4 Å². The van der Waals surface area contributed by atoms with Gasteiger partial charge in [0, 0.05) is 18.2 Å². The van der Waals surface area contributed by atoms with Crippen molar-refractivity contribution in [3.8, 4) is 0 Å². The van der Waals surface area contributed by atoms with Crippen molar-refractivity contribution in [2.75, 3.05) is 18.1 Å². The lowest BCUT2D eigenvalue weighted by atomic mass is 9.90. The van der Waals surface area contributed by atoms with Crippen LogP contribution in [-0.4, -0.2) is 32.4 Å². The van der Waals surface area contributed by atoms with Crippen molar-refractivity contribution in [3.05, 3.63) is 24.3 Å². The fourth-order valence-electron chi connectivity index (χ4n) is 2.65. The summed E-state index contributed by atoms with van der Waals surface area (Å²) in [7, 11) is -3.24. The van der Waals surface area contributed by atoms with Gasteiger partial charge in [-0.1, -0.05) is 26.0 Å². The Hall–Kier alpha value is -1.07. The largest absolute Gasteiger partial charge is 0.392 e. The molecule has 1 aromatic carbocycles. The van der Waals surface area contributed by atoms with Crippen LogP contribution in [0.4, 0.5) is 5.69 Å². The molecule has 0 unspecified atom stereocenters. The molecule has 1 aromatic rings. The smallest absolute Gasteiger partial charge is 0.177 e. The minimum atomic E-state index is -3.24. The normalized spacial score (nSPS) is 18.9. The second-order valence-electron chi connectivity index (χ2n) is 6.17. The molecule has 5 heteroatoms. The van der Waals surface area contributed by atoms with Crippen molar-refractivity contribution in [2.45, 2.75) is 37.7 Å². The molecule has 112 valence electrons. The van der Waals surface area contributed by atoms with Crippen LogP contribution in [0, 0.1) is 11.3 Å². The first-order valence-corrected chi connectivity index (χ1v) is 8.86. The van der Waals surface area contributed by atoms with E-state index in [1.54, 1.807) is 18.2 Å². The molecular weight excluding hydrogens is 274 g/mol. The van der Waals surface area contributed by atoms with Gasteiger partial charge in [-0.05, 0) is 30.9 Å². The van der Waals surface area contributed by atoms with Gasteiger partial charge in [0.25, 0.3) is 0 Å². The van der Waals surface area contributed by atoms with Crippen LogP contribution in [0.1, 0.15) is 26.7 Å². The van der Waals surface area contributed by atoms with Crippen LogP contribution in [0.2, 0.25) is 0 Å². The van der Waals surface area contributed by atoms with Gasteiger partial charge >= 0.3 is 0 Å². The SMILES string of the molecule is CC(C)[C@H](O)C1(CNc2ccccc2S(C)(=O)=O)CC1. The number of nitrogens with one attached hydrogen (secondary N) is 1. The maximum atomic E-state index is 11.7. The van der Waals surface area contributed by atoms with Crippen molar-refractivity contribution >= 4 is 15.5 Å². The van der Waals surface area contributed by atoms with Gasteiger partial charge in [0.1, 0.15) is 0 Å². The molecule has 1 atom stereocenters. The summed E-state index contributed by atoms with van der Waals surface area (Å²) in [6.07, 6.45) is 2.84. The first-order chi connectivity index (χ1) is 9.26. The van der Waals surface area contributed by atoms with Crippen LogP contribution in [0.15, 0.2) is 29.2 Å². The molecule has 20 heavy (non-hydrogen) atoms. The number of benzene rings is 1. The third-order valence-electron chi connectivity index (χ3n) is 4.07. The highest BCUT2D eigenvalue weighted by Crippen LogP contribution is 2.50. The van der Waals surface area contributed by atoms with Crippen LogP contribution in [-0.2, 0) is 9.84 Å². The molecule has 0 bridgehead atoms. The molecule has 0 aliphatic heterocycles. The maximum absolute atomic E-state index is 11.7. The molecular formula is C15H23NO3S. The summed E-state index contributed by atoms with van der Waals surface area (Å²) in [6.45, 7) is 4.63. The highest BCUT2D eigenvalue weighted by atomic mass is 32.2. The Bertz CT molecular complexity index is 577. The number of sulfone groups is 1. The van der Waals surface area contributed by atoms with Crippen molar-refractivity contribution < 1.29 is 13.5 Å². The average molecular weight is 297 g/mol. The second-order valence-corrected chi connectivity index (χ2v) is 8.16. The topological polar surface area (TPSA) is 66.4 Å². The minimum Gasteiger partial charge on any atom is -0.392 e. The Labute approximate surface area is 121 Å². The monoisotopic (exact) mass is 297 g/mol. The third kappa shape index (κ3) is 3.15. The summed E-state index contributed by atoms with van der Waals surface area (Å²) < 4.78 is 23.5. The summed E-state index contributed by atoms with van der Waals surface area (Å²) in [6, 6.07) is 6.91. The van der Waals surface area contributed by atoms with Gasteiger partial charge in [0.05, 0.1) is 16.7 Å². The molecule has 4 nitrogen and oxygen atoms in total. The van der Waals surface area contributed by atoms with Gasteiger partial charge in [0.2, 0.25) is 0 Å². The minimum absolute atomic E-state index is 0.0984. The van der Waals surface area contributed by atoms with E-state index in [-0.39, 0.29) is 17.4 Å². The van der Waals surface area contributed by atoms with Crippen molar-refractivity contribution in [3.63, 3.8) is 0 Å². The highest BCUT2D eigenvalue weighted by molar-refractivity contribution is 7.90. The highest BCUT2D eigenvalue weighted by Gasteiger charge is 2.49. The first kappa shape index (κ1) is 15.3. The number of hydrogen-bond acceptors (Lipinski definition) is 4. The summed E-state index contributed by atoms with van der Waals surface area (Å²) >= 11 is 0. The van der Waals surface area contributed by atoms with Crippen molar-refractivity contribution in [1.82, 2.24) is 0 Å². The summed E-state index contributed by atoms with van der Waals surface area (Å²) in [5.41, 5.74) is 0.524. The lowest BCUT2D eigenvalue weighted by Crippen LogP contribution is -2.33. The predicted molar refractivity (Wildman–Crippen MR) is 80.6 cm³/mol. The quantitative estimate of drug-likeness (QED) is 0.845. The van der Waals surface area contributed by atoms with E-state index < -0.39 is 9.84 Å². The second kappa shape index (κ2) is 5.37. The Morgan fingerprint density at radius 1 is 1.30 bits per heavy atom. The van der Waals surface area contributed by atoms with Crippen LogP contribution >= 0.6 is 0 Å². The molecule has 0 spiro atoms. The molecule has 1 aliphatic rings. The van der Waals surface area contributed by atoms with E-state index in [2.05, 4.69) is 5.32 Å².